The molecule has 0 aromatic heterocycles. The number of alkyl halides is 2. The fourth-order valence-corrected chi connectivity index (χ4v) is 7.98. The molecule has 1 saturated carbocycles. The van der Waals surface area contributed by atoms with Crippen molar-refractivity contribution in [2.24, 2.45) is 17.8 Å². The van der Waals surface area contributed by atoms with Crippen LogP contribution in [0, 0.1) is 23.6 Å². The first-order valence-electron chi connectivity index (χ1n) is 12.9. The highest BCUT2D eigenvalue weighted by atomic mass is 35.5. The average Bonchev–Trinajstić information content (AvgIpc) is 3.27. The van der Waals surface area contributed by atoms with E-state index in [1.54, 1.807) is 25.1 Å². The third-order valence-electron chi connectivity index (χ3n) is 8.86. The number of ether oxygens (including phenoxy) is 1. The van der Waals surface area contributed by atoms with Crippen LogP contribution >= 0.6 is 23.2 Å². The molecule has 2 aromatic carbocycles. The number of carbonyl (C=O) groups excluding carboxylic acids is 4. The van der Waals surface area contributed by atoms with Gasteiger partial charge in [-0.3, -0.25) is 24.1 Å². The van der Waals surface area contributed by atoms with Crippen molar-refractivity contribution in [2.45, 2.75) is 35.4 Å². The van der Waals surface area contributed by atoms with Crippen molar-refractivity contribution < 1.29 is 33.4 Å². The number of carbonyl (C=O) groups is 4. The number of nitrogens with zero attached hydrogens (tertiary/aromatic N) is 2. The summed E-state index contributed by atoms with van der Waals surface area (Å²) in [7, 11) is 1.37. The smallest absolute Gasteiger partial charge is 0.258 e. The van der Waals surface area contributed by atoms with Gasteiger partial charge in [0.15, 0.2) is 21.2 Å². The number of anilines is 1. The van der Waals surface area contributed by atoms with Gasteiger partial charge in [0.05, 0.1) is 24.6 Å². The summed E-state index contributed by atoms with van der Waals surface area (Å²) in [5, 5.41) is 11.2. The predicted molar refractivity (Wildman–Crippen MR) is 144 cm³/mol. The van der Waals surface area contributed by atoms with Gasteiger partial charge in [0, 0.05) is 18.0 Å². The normalized spacial score (nSPS) is 33.1. The zero-order valence-corrected chi connectivity index (χ0v) is 23.1. The minimum Gasteiger partial charge on any atom is -0.504 e. The van der Waals surface area contributed by atoms with Crippen LogP contribution in [0.15, 0.2) is 54.1 Å². The van der Waals surface area contributed by atoms with E-state index in [1.807, 2.05) is 0 Å². The van der Waals surface area contributed by atoms with Crippen LogP contribution in [0.1, 0.15) is 31.2 Å². The molecule has 4 amide bonds. The van der Waals surface area contributed by atoms with E-state index in [0.717, 1.165) is 17.0 Å². The molecule has 11 heteroatoms. The maximum atomic E-state index is 14.3. The number of methoxy groups -OCH3 is 1. The lowest BCUT2D eigenvalue weighted by Gasteiger charge is -2.50. The third-order valence-corrected chi connectivity index (χ3v) is 10.3. The van der Waals surface area contributed by atoms with Gasteiger partial charge in [0.2, 0.25) is 11.8 Å². The summed E-state index contributed by atoms with van der Waals surface area (Å²) in [5.41, 5.74) is 0.829. The second-order valence-corrected chi connectivity index (χ2v) is 11.8. The Morgan fingerprint density at radius 2 is 1.73 bits per heavy atom. The molecule has 0 spiro atoms. The van der Waals surface area contributed by atoms with Crippen molar-refractivity contribution >= 4 is 52.5 Å². The molecule has 2 aromatic rings. The van der Waals surface area contributed by atoms with Gasteiger partial charge in [0.1, 0.15) is 5.82 Å². The Kier molecular flexibility index (Phi) is 6.05. The zero-order chi connectivity index (χ0) is 28.7. The van der Waals surface area contributed by atoms with Gasteiger partial charge in [-0.1, -0.05) is 23.8 Å². The Balaban J connectivity index is 1.59. The Labute approximate surface area is 239 Å². The Morgan fingerprint density at radius 1 is 1.02 bits per heavy atom. The van der Waals surface area contributed by atoms with Gasteiger partial charge in [-0.15, -0.1) is 23.2 Å². The van der Waals surface area contributed by atoms with Crippen LogP contribution in [0.2, 0.25) is 0 Å². The molecule has 6 rings (SSSR count). The Hall–Kier alpha value is -3.43. The molecule has 4 aliphatic rings. The van der Waals surface area contributed by atoms with Crippen molar-refractivity contribution in [3.8, 4) is 11.5 Å². The maximum absolute atomic E-state index is 14.3. The molecule has 208 valence electrons. The lowest BCUT2D eigenvalue weighted by molar-refractivity contribution is -0.140. The number of benzene rings is 2. The first-order chi connectivity index (χ1) is 19.0. The highest BCUT2D eigenvalue weighted by molar-refractivity contribution is 6.58. The van der Waals surface area contributed by atoms with E-state index in [1.165, 1.54) is 30.2 Å². The minimum atomic E-state index is -2.13. The molecular weight excluding hydrogens is 562 g/mol. The summed E-state index contributed by atoms with van der Waals surface area (Å²) in [4.78, 5) is 52.8. The molecule has 0 radical (unpaired) electrons. The number of likely N-dealkylation sites (tertiary alicyclic amines) is 1. The summed E-state index contributed by atoms with van der Waals surface area (Å²) < 4.78 is 19.0. The fraction of sp³-hybridized carbons (Fsp3) is 0.379. The number of imide groups is 2. The maximum Gasteiger partial charge on any atom is 0.258 e. The third kappa shape index (κ3) is 3.25. The van der Waals surface area contributed by atoms with Crippen molar-refractivity contribution in [1.29, 1.82) is 0 Å². The van der Waals surface area contributed by atoms with Crippen molar-refractivity contribution in [1.82, 2.24) is 4.90 Å². The number of hydrogen-bond acceptors (Lipinski definition) is 6. The van der Waals surface area contributed by atoms with E-state index < -0.39 is 51.1 Å². The lowest BCUT2D eigenvalue weighted by Crippen LogP contribution is -2.60. The summed E-state index contributed by atoms with van der Waals surface area (Å²) in [6.45, 7) is 1.92. The molecule has 8 nitrogen and oxygen atoms in total. The quantitative estimate of drug-likeness (QED) is 0.328. The molecule has 2 saturated heterocycles. The SMILES string of the molecule is CCN1C(=O)C2CC=C3C(CC4(Cl)C(=O)N(c5ccc(F)cc5)C(=O)C4(Cl)C3c3cccc(OC)c3O)C2C1=O. The van der Waals surface area contributed by atoms with E-state index in [4.69, 9.17) is 27.9 Å². The van der Waals surface area contributed by atoms with Gasteiger partial charge >= 0.3 is 0 Å². The summed E-state index contributed by atoms with van der Waals surface area (Å²) in [5.74, 6) is -6.35. The fourth-order valence-electron chi connectivity index (χ4n) is 7.06. The summed E-state index contributed by atoms with van der Waals surface area (Å²) in [6, 6.07) is 9.49. The number of amides is 4. The van der Waals surface area contributed by atoms with Gasteiger partial charge in [-0.2, -0.15) is 0 Å². The molecule has 40 heavy (non-hydrogen) atoms. The number of phenolic OH excluding ortho intramolecular Hbond substituents is 1. The van der Waals surface area contributed by atoms with E-state index in [-0.39, 0.29) is 54.0 Å². The highest BCUT2D eigenvalue weighted by Gasteiger charge is 2.76. The molecule has 0 bridgehead atoms. The van der Waals surface area contributed by atoms with E-state index in [0.29, 0.717) is 5.57 Å². The van der Waals surface area contributed by atoms with Gasteiger partial charge < -0.3 is 9.84 Å². The van der Waals surface area contributed by atoms with Crippen LogP contribution in [0.3, 0.4) is 0 Å². The molecule has 1 N–H and O–H groups in total. The Morgan fingerprint density at radius 3 is 2.38 bits per heavy atom. The van der Waals surface area contributed by atoms with Crippen molar-refractivity contribution in [3.05, 3.63) is 65.5 Å². The van der Waals surface area contributed by atoms with Crippen LogP contribution < -0.4 is 9.64 Å². The molecule has 6 unspecified atom stereocenters. The van der Waals surface area contributed by atoms with Crippen LogP contribution in [-0.2, 0) is 19.2 Å². The average molecular weight is 587 g/mol. The molecule has 2 aliphatic heterocycles. The molecule has 2 heterocycles. The van der Waals surface area contributed by atoms with Crippen molar-refractivity contribution in [2.75, 3.05) is 18.6 Å². The molecule has 2 aliphatic carbocycles. The van der Waals surface area contributed by atoms with Gasteiger partial charge in [0.25, 0.3) is 11.8 Å². The number of halogens is 3. The largest absolute Gasteiger partial charge is 0.504 e. The topological polar surface area (TPSA) is 104 Å². The number of allylic oxidation sites excluding steroid dienone is 2. The van der Waals surface area contributed by atoms with E-state index in [2.05, 4.69) is 0 Å². The predicted octanol–water partition coefficient (Wildman–Crippen LogP) is 4.12. The zero-order valence-electron chi connectivity index (χ0n) is 21.6. The van der Waals surface area contributed by atoms with Gasteiger partial charge in [-0.05, 0) is 56.0 Å². The number of aromatic hydroxyl groups is 1. The van der Waals surface area contributed by atoms with E-state index >= 15 is 0 Å². The number of hydrogen-bond donors (Lipinski definition) is 1. The molecule has 6 atom stereocenters. The highest BCUT2D eigenvalue weighted by Crippen LogP contribution is 2.66. The monoisotopic (exact) mass is 586 g/mol. The standard InChI is InChI=1S/C29H25Cl2FN2O6/c1-3-33-24(36)17-12-11-16-19(21(17)25(33)37)13-28(30)26(38)34(15-9-7-14(32)8-10-15)27(39)29(28,31)22(16)18-5-4-6-20(40-2)23(18)35/h4-11,17,19,21-22,35H,3,12-13H2,1-2H3. The van der Waals surface area contributed by atoms with Crippen molar-refractivity contribution in [3.63, 3.8) is 0 Å². The number of rotatable bonds is 4. The minimum absolute atomic E-state index is 0.0820. The van der Waals surface area contributed by atoms with Crippen LogP contribution in [-0.4, -0.2) is 57.0 Å². The summed E-state index contributed by atoms with van der Waals surface area (Å²) in [6.07, 6.45) is 1.83. The second-order valence-electron chi connectivity index (χ2n) is 10.6. The number of para-hydroxylation sites is 1. The first kappa shape index (κ1) is 26.8. The Bertz CT molecular complexity index is 1510. The number of phenols is 1. The van der Waals surface area contributed by atoms with Crippen LogP contribution in [0.5, 0.6) is 11.5 Å². The number of fused-ring (bicyclic) bond motifs is 4. The molecule has 3 fully saturated rings. The van der Waals surface area contributed by atoms with Crippen LogP contribution in [0.25, 0.3) is 0 Å². The summed E-state index contributed by atoms with van der Waals surface area (Å²) >= 11 is 14.5. The first-order valence-corrected chi connectivity index (χ1v) is 13.7. The van der Waals surface area contributed by atoms with Crippen LogP contribution in [0.4, 0.5) is 10.1 Å². The lowest BCUT2D eigenvalue weighted by atomic mass is 9.56. The van der Waals surface area contributed by atoms with Gasteiger partial charge in [-0.25, -0.2) is 9.29 Å². The second kappa shape index (κ2) is 9.04. The molecular formula is C29H25Cl2FN2O6. The van der Waals surface area contributed by atoms with E-state index in [9.17, 15) is 28.7 Å².